The van der Waals surface area contributed by atoms with E-state index < -0.39 is 40.3 Å². The predicted octanol–water partition coefficient (Wildman–Crippen LogP) is 6.14. The molecule has 0 radical (unpaired) electrons. The molecule has 0 atom stereocenters. The van der Waals surface area contributed by atoms with E-state index in [0.29, 0.717) is 36.8 Å². The Hall–Kier alpha value is -2.38. The third kappa shape index (κ3) is 3.64. The zero-order chi connectivity index (χ0) is 20.7. The lowest BCUT2D eigenvalue weighted by molar-refractivity contribution is -0.137. The second kappa shape index (κ2) is 6.90. The van der Waals surface area contributed by atoms with Gasteiger partial charge >= 0.3 is 12.4 Å². The summed E-state index contributed by atoms with van der Waals surface area (Å²) in [6.07, 6.45) is -6.09. The highest BCUT2D eigenvalue weighted by molar-refractivity contribution is 5.56. The molecule has 0 amide bonds. The highest BCUT2D eigenvalue weighted by atomic mass is 19.4. The van der Waals surface area contributed by atoms with E-state index in [0.717, 1.165) is 18.6 Å². The van der Waals surface area contributed by atoms with Gasteiger partial charge in [0.1, 0.15) is 0 Å². The van der Waals surface area contributed by atoms with E-state index in [1.54, 1.807) is 0 Å². The molecule has 0 saturated heterocycles. The largest absolute Gasteiger partial charge is 0.418 e. The second-order valence-electron chi connectivity index (χ2n) is 7.24. The Labute approximate surface area is 158 Å². The number of rotatable bonds is 2. The molecule has 8 heteroatoms. The van der Waals surface area contributed by atoms with E-state index >= 15 is 0 Å². The molecule has 4 N–H and O–H groups in total. The Kier molecular flexibility index (Phi) is 5.02. The van der Waals surface area contributed by atoms with Crippen molar-refractivity contribution in [3.05, 3.63) is 58.7 Å². The summed E-state index contributed by atoms with van der Waals surface area (Å²) >= 11 is 0. The third-order valence-electron chi connectivity index (χ3n) is 5.53. The maximum Gasteiger partial charge on any atom is 0.418 e. The number of nitrogens with two attached hydrogens (primary N) is 2. The van der Waals surface area contributed by atoms with Gasteiger partial charge in [0.2, 0.25) is 0 Å². The zero-order valence-electron chi connectivity index (χ0n) is 14.9. The molecule has 0 unspecified atom stereocenters. The second-order valence-corrected chi connectivity index (χ2v) is 7.24. The van der Waals surface area contributed by atoms with E-state index in [9.17, 15) is 26.3 Å². The minimum Gasteiger partial charge on any atom is -0.398 e. The van der Waals surface area contributed by atoms with Crippen LogP contribution in [0.4, 0.5) is 37.7 Å². The summed E-state index contributed by atoms with van der Waals surface area (Å²) < 4.78 is 80.1. The minimum absolute atomic E-state index is 0.326. The van der Waals surface area contributed by atoms with E-state index in [-0.39, 0.29) is 0 Å². The normalized spacial score (nSPS) is 17.5. The van der Waals surface area contributed by atoms with Crippen LogP contribution in [0.2, 0.25) is 0 Å². The fraction of sp³-hybridized carbons (Fsp3) is 0.400. The minimum atomic E-state index is -4.64. The molecule has 3 rings (SSSR count). The van der Waals surface area contributed by atoms with Crippen LogP contribution in [-0.2, 0) is 17.8 Å². The molecule has 1 aliphatic rings. The first kappa shape index (κ1) is 20.4. The van der Waals surface area contributed by atoms with Gasteiger partial charge in [-0.15, -0.1) is 0 Å². The van der Waals surface area contributed by atoms with Crippen molar-refractivity contribution in [2.45, 2.75) is 49.9 Å². The Bertz CT molecular complexity index is 798. The first-order valence-corrected chi connectivity index (χ1v) is 8.89. The number of anilines is 2. The average Bonchev–Trinajstić information content (AvgIpc) is 2.61. The molecule has 0 spiro atoms. The molecule has 1 fully saturated rings. The third-order valence-corrected chi connectivity index (χ3v) is 5.53. The van der Waals surface area contributed by atoms with Crippen molar-refractivity contribution in [1.82, 2.24) is 0 Å². The van der Waals surface area contributed by atoms with Crippen LogP contribution in [0.1, 0.15) is 54.4 Å². The number of alkyl halides is 6. The van der Waals surface area contributed by atoms with E-state index in [4.69, 9.17) is 11.5 Å². The molecular weight excluding hydrogens is 382 g/mol. The highest BCUT2D eigenvalue weighted by Gasteiger charge is 2.41. The summed E-state index contributed by atoms with van der Waals surface area (Å²) in [5.74, 6) is 0. The molecule has 0 aromatic heterocycles. The van der Waals surface area contributed by atoms with Gasteiger partial charge < -0.3 is 11.5 Å². The zero-order valence-corrected chi connectivity index (χ0v) is 14.9. The van der Waals surface area contributed by atoms with Gasteiger partial charge in [-0.25, -0.2) is 0 Å². The Balaban J connectivity index is 2.21. The molecule has 0 aliphatic heterocycles. The molecule has 2 nitrogen and oxygen atoms in total. The van der Waals surface area contributed by atoms with Crippen molar-refractivity contribution in [3.63, 3.8) is 0 Å². The van der Waals surface area contributed by atoms with Gasteiger partial charge in [0.25, 0.3) is 0 Å². The van der Waals surface area contributed by atoms with Crippen molar-refractivity contribution in [1.29, 1.82) is 0 Å². The van der Waals surface area contributed by atoms with Crippen LogP contribution in [0, 0.1) is 0 Å². The molecule has 0 bridgehead atoms. The van der Waals surface area contributed by atoms with Gasteiger partial charge in [-0.3, -0.25) is 0 Å². The standard InChI is InChI=1S/C20H20F6N2/c21-19(22,23)14-10-12(4-6-16(14)27)18(8-2-1-3-9-18)13-5-7-17(28)15(11-13)20(24,25)26/h4-7,10-11H,1-3,8-9,27-28H2. The number of hydrogen-bond donors (Lipinski definition) is 2. The summed E-state index contributed by atoms with van der Waals surface area (Å²) in [4.78, 5) is 0. The maximum absolute atomic E-state index is 13.4. The quantitative estimate of drug-likeness (QED) is 0.468. The number of halogens is 6. The lowest BCUT2D eigenvalue weighted by Gasteiger charge is -2.39. The fourth-order valence-electron chi connectivity index (χ4n) is 4.10. The molecule has 2 aromatic rings. The topological polar surface area (TPSA) is 52.0 Å². The highest BCUT2D eigenvalue weighted by Crippen LogP contribution is 2.48. The van der Waals surface area contributed by atoms with Crippen molar-refractivity contribution in [3.8, 4) is 0 Å². The Morgan fingerprint density at radius 3 is 1.39 bits per heavy atom. The number of hydrogen-bond acceptors (Lipinski definition) is 2. The van der Waals surface area contributed by atoms with Gasteiger partial charge in [-0.1, -0.05) is 31.4 Å². The monoisotopic (exact) mass is 402 g/mol. The van der Waals surface area contributed by atoms with Gasteiger partial charge in [-0.2, -0.15) is 26.3 Å². The van der Waals surface area contributed by atoms with E-state index in [1.165, 1.54) is 24.3 Å². The molecule has 1 aliphatic carbocycles. The average molecular weight is 402 g/mol. The number of nitrogen functional groups attached to an aromatic ring is 2. The van der Waals surface area contributed by atoms with Crippen LogP contribution < -0.4 is 11.5 Å². The van der Waals surface area contributed by atoms with Crippen LogP contribution in [0.3, 0.4) is 0 Å². The fourth-order valence-corrected chi connectivity index (χ4v) is 4.10. The molecule has 2 aromatic carbocycles. The van der Waals surface area contributed by atoms with Gasteiger partial charge in [0, 0.05) is 16.8 Å². The van der Waals surface area contributed by atoms with Crippen molar-refractivity contribution < 1.29 is 26.3 Å². The van der Waals surface area contributed by atoms with Crippen molar-refractivity contribution in [2.24, 2.45) is 0 Å². The van der Waals surface area contributed by atoms with Gasteiger partial charge in [0.15, 0.2) is 0 Å². The lowest BCUT2D eigenvalue weighted by Crippen LogP contribution is -2.31. The van der Waals surface area contributed by atoms with E-state index in [2.05, 4.69) is 0 Å². The number of benzene rings is 2. The predicted molar refractivity (Wildman–Crippen MR) is 95.6 cm³/mol. The van der Waals surface area contributed by atoms with Crippen LogP contribution in [0.5, 0.6) is 0 Å². The van der Waals surface area contributed by atoms with Crippen LogP contribution in [0.15, 0.2) is 36.4 Å². The van der Waals surface area contributed by atoms with Gasteiger partial charge in [-0.05, 0) is 48.2 Å². The van der Waals surface area contributed by atoms with Crippen LogP contribution >= 0.6 is 0 Å². The van der Waals surface area contributed by atoms with E-state index in [1.807, 2.05) is 0 Å². The smallest absolute Gasteiger partial charge is 0.398 e. The first-order chi connectivity index (χ1) is 12.9. The Morgan fingerprint density at radius 1 is 0.643 bits per heavy atom. The Morgan fingerprint density at radius 2 is 1.04 bits per heavy atom. The summed E-state index contributed by atoms with van der Waals surface area (Å²) in [7, 11) is 0. The van der Waals surface area contributed by atoms with Crippen LogP contribution in [-0.4, -0.2) is 0 Å². The summed E-state index contributed by atoms with van der Waals surface area (Å²) in [6.45, 7) is 0. The summed E-state index contributed by atoms with van der Waals surface area (Å²) in [6, 6.07) is 7.28. The molecule has 28 heavy (non-hydrogen) atoms. The molecule has 1 saturated carbocycles. The molecule has 152 valence electrons. The molecule has 0 heterocycles. The van der Waals surface area contributed by atoms with Crippen molar-refractivity contribution in [2.75, 3.05) is 11.5 Å². The molecular formula is C20H20F6N2. The lowest BCUT2D eigenvalue weighted by atomic mass is 9.65. The summed E-state index contributed by atoms with van der Waals surface area (Å²) in [5.41, 5.74) is 7.96. The van der Waals surface area contributed by atoms with Crippen molar-refractivity contribution >= 4 is 11.4 Å². The van der Waals surface area contributed by atoms with Crippen LogP contribution in [0.25, 0.3) is 0 Å². The first-order valence-electron chi connectivity index (χ1n) is 8.89. The SMILES string of the molecule is Nc1ccc(C2(c3ccc(N)c(C(F)(F)F)c3)CCCCC2)cc1C(F)(F)F. The summed E-state index contributed by atoms with van der Waals surface area (Å²) in [5, 5.41) is 0. The maximum atomic E-state index is 13.4. The van der Waals surface area contributed by atoms with Gasteiger partial charge in [0.05, 0.1) is 11.1 Å².